The SMILES string of the molecule is Cc1ccc2c(c1)C(I)N(c1ccc3c(c1)cc1n3CCC1)C2. The number of aromatic nitrogens is 1. The molecule has 0 amide bonds. The summed E-state index contributed by atoms with van der Waals surface area (Å²) < 4.78 is 2.91. The van der Waals surface area contributed by atoms with E-state index in [9.17, 15) is 0 Å². The van der Waals surface area contributed by atoms with Crippen LogP contribution in [-0.4, -0.2) is 4.57 Å². The molecular formula is C20H19IN2. The van der Waals surface area contributed by atoms with Crippen molar-refractivity contribution in [3.05, 3.63) is 64.8 Å². The molecule has 1 aromatic heterocycles. The predicted octanol–water partition coefficient (Wildman–Crippen LogP) is 5.35. The summed E-state index contributed by atoms with van der Waals surface area (Å²) in [5.74, 6) is 0. The standard InChI is InChI=1S/C20H19IN2/c1-13-4-5-14-12-23(20(21)18(14)9-13)17-6-7-19-15(11-17)10-16-3-2-8-22(16)19/h4-7,9-11,20H,2-3,8,12H2,1H3. The smallest absolute Gasteiger partial charge is 0.107 e. The summed E-state index contributed by atoms with van der Waals surface area (Å²) in [6.45, 7) is 4.38. The van der Waals surface area contributed by atoms with E-state index in [0.717, 1.165) is 6.54 Å². The molecule has 0 N–H and O–H groups in total. The Labute approximate surface area is 150 Å². The molecule has 3 aromatic rings. The number of hydrogen-bond acceptors (Lipinski definition) is 1. The van der Waals surface area contributed by atoms with Crippen molar-refractivity contribution in [3.8, 4) is 0 Å². The van der Waals surface area contributed by atoms with Crippen LogP contribution in [0.3, 0.4) is 0 Å². The molecule has 116 valence electrons. The molecule has 1 atom stereocenters. The van der Waals surface area contributed by atoms with Gasteiger partial charge in [0.1, 0.15) is 4.05 Å². The summed E-state index contributed by atoms with van der Waals surface area (Å²) in [6, 6.07) is 16.3. The molecule has 0 bridgehead atoms. The Morgan fingerprint density at radius 3 is 2.91 bits per heavy atom. The number of hydrogen-bond donors (Lipinski definition) is 0. The summed E-state index contributed by atoms with van der Waals surface area (Å²) in [5, 5.41) is 1.40. The number of alkyl halides is 1. The lowest BCUT2D eigenvalue weighted by molar-refractivity contribution is 0.772. The highest BCUT2D eigenvalue weighted by molar-refractivity contribution is 14.1. The van der Waals surface area contributed by atoms with Gasteiger partial charge in [0.05, 0.1) is 0 Å². The maximum Gasteiger partial charge on any atom is 0.107 e. The average Bonchev–Trinajstić information content (AvgIpc) is 3.20. The molecule has 23 heavy (non-hydrogen) atoms. The van der Waals surface area contributed by atoms with Gasteiger partial charge < -0.3 is 9.47 Å². The third-order valence-corrected chi connectivity index (χ3v) is 6.63. The van der Waals surface area contributed by atoms with Crippen LogP contribution in [0.25, 0.3) is 10.9 Å². The van der Waals surface area contributed by atoms with Crippen LogP contribution in [0.4, 0.5) is 5.69 Å². The van der Waals surface area contributed by atoms with Crippen molar-refractivity contribution in [1.29, 1.82) is 0 Å². The normalized spacial score (nSPS) is 19.4. The average molecular weight is 414 g/mol. The number of aryl methyl sites for hydroxylation is 3. The van der Waals surface area contributed by atoms with Crippen LogP contribution < -0.4 is 4.90 Å². The minimum atomic E-state index is 0.425. The van der Waals surface area contributed by atoms with Gasteiger partial charge in [0.25, 0.3) is 0 Å². The van der Waals surface area contributed by atoms with Gasteiger partial charge in [-0.15, -0.1) is 0 Å². The molecule has 0 saturated heterocycles. The summed E-state index contributed by atoms with van der Waals surface area (Å²) >= 11 is 2.58. The number of benzene rings is 2. The Morgan fingerprint density at radius 2 is 2.00 bits per heavy atom. The molecule has 2 aromatic carbocycles. The summed E-state index contributed by atoms with van der Waals surface area (Å²) in [7, 11) is 0. The van der Waals surface area contributed by atoms with E-state index in [2.05, 4.69) is 81.4 Å². The summed E-state index contributed by atoms with van der Waals surface area (Å²) in [4.78, 5) is 2.52. The molecule has 2 nitrogen and oxygen atoms in total. The zero-order valence-electron chi connectivity index (χ0n) is 13.2. The Kier molecular flexibility index (Phi) is 3.02. The Hall–Kier alpha value is -1.49. The first kappa shape index (κ1) is 13.9. The second-order valence-corrected chi connectivity index (χ2v) is 7.98. The lowest BCUT2D eigenvalue weighted by Crippen LogP contribution is -2.16. The number of nitrogens with zero attached hydrogens (tertiary/aromatic N) is 2. The first-order valence-corrected chi connectivity index (χ1v) is 9.57. The Balaban J connectivity index is 1.56. The van der Waals surface area contributed by atoms with Crippen molar-refractivity contribution >= 4 is 39.2 Å². The van der Waals surface area contributed by atoms with Crippen LogP contribution in [0.1, 0.15) is 32.9 Å². The molecule has 0 aliphatic carbocycles. The molecule has 3 heterocycles. The minimum absolute atomic E-state index is 0.425. The third kappa shape index (κ3) is 2.05. The zero-order chi connectivity index (χ0) is 15.6. The highest BCUT2D eigenvalue weighted by Crippen LogP contribution is 2.42. The van der Waals surface area contributed by atoms with Crippen LogP contribution in [0, 0.1) is 6.92 Å². The maximum atomic E-state index is 2.58. The van der Waals surface area contributed by atoms with E-state index in [4.69, 9.17) is 0 Å². The third-order valence-electron chi connectivity index (χ3n) is 5.29. The van der Waals surface area contributed by atoms with Gasteiger partial charge in [-0.3, -0.25) is 0 Å². The summed E-state index contributed by atoms with van der Waals surface area (Å²) in [5.41, 5.74) is 8.54. The molecule has 2 aliphatic rings. The van der Waals surface area contributed by atoms with Crippen molar-refractivity contribution in [1.82, 2.24) is 4.57 Å². The molecular weight excluding hydrogens is 395 g/mol. The monoisotopic (exact) mass is 414 g/mol. The Morgan fingerprint density at radius 1 is 1.09 bits per heavy atom. The number of anilines is 1. The number of halogens is 1. The summed E-state index contributed by atoms with van der Waals surface area (Å²) in [6.07, 6.45) is 2.52. The fourth-order valence-electron chi connectivity index (χ4n) is 4.12. The lowest BCUT2D eigenvalue weighted by atomic mass is 10.1. The zero-order valence-corrected chi connectivity index (χ0v) is 15.4. The second kappa shape index (κ2) is 5.00. The van der Waals surface area contributed by atoms with E-state index in [0.29, 0.717) is 4.05 Å². The molecule has 0 spiro atoms. The van der Waals surface area contributed by atoms with E-state index in [1.54, 1.807) is 0 Å². The van der Waals surface area contributed by atoms with Gasteiger partial charge in [-0.05, 0) is 55.2 Å². The first-order valence-electron chi connectivity index (χ1n) is 8.33. The van der Waals surface area contributed by atoms with E-state index in [-0.39, 0.29) is 0 Å². The van der Waals surface area contributed by atoms with Gasteiger partial charge in [-0.1, -0.05) is 46.4 Å². The Bertz CT molecular complexity index is 925. The topological polar surface area (TPSA) is 8.17 Å². The molecule has 2 aliphatic heterocycles. The quantitative estimate of drug-likeness (QED) is 0.296. The molecule has 1 unspecified atom stereocenters. The van der Waals surface area contributed by atoms with Crippen LogP contribution in [0.15, 0.2) is 42.5 Å². The molecule has 0 fully saturated rings. The van der Waals surface area contributed by atoms with Gasteiger partial charge in [0.15, 0.2) is 0 Å². The van der Waals surface area contributed by atoms with Crippen LogP contribution in [0.2, 0.25) is 0 Å². The van der Waals surface area contributed by atoms with Crippen molar-refractivity contribution in [3.63, 3.8) is 0 Å². The predicted molar refractivity (Wildman–Crippen MR) is 104 cm³/mol. The van der Waals surface area contributed by atoms with Gasteiger partial charge >= 0.3 is 0 Å². The first-order chi connectivity index (χ1) is 11.2. The second-order valence-electron chi connectivity index (χ2n) is 6.80. The molecule has 5 rings (SSSR count). The largest absolute Gasteiger partial charge is 0.351 e. The van der Waals surface area contributed by atoms with Crippen LogP contribution in [0.5, 0.6) is 0 Å². The number of fused-ring (bicyclic) bond motifs is 4. The fraction of sp³-hybridized carbons (Fsp3) is 0.300. The van der Waals surface area contributed by atoms with Gasteiger partial charge in [0.2, 0.25) is 0 Å². The highest BCUT2D eigenvalue weighted by Gasteiger charge is 2.28. The van der Waals surface area contributed by atoms with E-state index < -0.39 is 0 Å². The lowest BCUT2D eigenvalue weighted by Gasteiger charge is -2.23. The van der Waals surface area contributed by atoms with Crippen LogP contribution >= 0.6 is 22.6 Å². The van der Waals surface area contributed by atoms with E-state index in [1.807, 2.05) is 0 Å². The van der Waals surface area contributed by atoms with Crippen LogP contribution in [-0.2, 0) is 19.5 Å². The molecule has 0 radical (unpaired) electrons. The van der Waals surface area contributed by atoms with Crippen molar-refractivity contribution < 1.29 is 0 Å². The fourth-order valence-corrected chi connectivity index (χ4v) is 5.22. The minimum Gasteiger partial charge on any atom is -0.351 e. The van der Waals surface area contributed by atoms with Gasteiger partial charge in [-0.25, -0.2) is 0 Å². The molecule has 0 saturated carbocycles. The van der Waals surface area contributed by atoms with Gasteiger partial charge in [-0.2, -0.15) is 0 Å². The van der Waals surface area contributed by atoms with Crippen molar-refractivity contribution in [2.45, 2.75) is 36.9 Å². The van der Waals surface area contributed by atoms with Gasteiger partial charge in [0, 0.05) is 35.4 Å². The van der Waals surface area contributed by atoms with E-state index >= 15 is 0 Å². The van der Waals surface area contributed by atoms with E-state index in [1.165, 1.54) is 58.4 Å². The van der Waals surface area contributed by atoms with Crippen molar-refractivity contribution in [2.75, 3.05) is 4.90 Å². The number of rotatable bonds is 1. The maximum absolute atomic E-state index is 2.58. The highest BCUT2D eigenvalue weighted by atomic mass is 127. The molecule has 3 heteroatoms. The van der Waals surface area contributed by atoms with Crippen molar-refractivity contribution in [2.24, 2.45) is 0 Å².